The maximum absolute atomic E-state index is 5.83. The third-order valence-corrected chi connectivity index (χ3v) is 3.66. The highest BCUT2D eigenvalue weighted by atomic mass is 16.5. The van der Waals surface area contributed by atoms with Gasteiger partial charge in [0.1, 0.15) is 11.6 Å². The van der Waals surface area contributed by atoms with Crippen molar-refractivity contribution in [2.45, 2.75) is 25.3 Å². The largest absolute Gasteiger partial charge is 0.494 e. The predicted molar refractivity (Wildman–Crippen MR) is 77.3 cm³/mol. The zero-order valence-electron chi connectivity index (χ0n) is 10.9. The zero-order chi connectivity index (χ0) is 13.1. The molecule has 19 heavy (non-hydrogen) atoms. The molecule has 3 rings (SSSR count). The standard InChI is InChI=1S/C15H19N3O/c16-15-14-4-3-13(10-11(14)5-8-18-15)19-9-6-12-2-1-7-17-12/h3-5,8,10,12,17H,1-2,6-7,9H2,(H2,16,18). The highest BCUT2D eigenvalue weighted by Crippen LogP contribution is 2.24. The number of nitrogens with one attached hydrogen (secondary N) is 1. The Morgan fingerprint density at radius 3 is 3.16 bits per heavy atom. The van der Waals surface area contributed by atoms with Crippen LogP contribution in [0.5, 0.6) is 5.75 Å². The van der Waals surface area contributed by atoms with E-state index >= 15 is 0 Å². The topological polar surface area (TPSA) is 60.2 Å². The average Bonchev–Trinajstić information content (AvgIpc) is 2.92. The fraction of sp³-hybridized carbons (Fsp3) is 0.400. The van der Waals surface area contributed by atoms with E-state index in [-0.39, 0.29) is 0 Å². The first-order valence-corrected chi connectivity index (χ1v) is 6.83. The lowest BCUT2D eigenvalue weighted by Gasteiger charge is -2.11. The second kappa shape index (κ2) is 5.45. The van der Waals surface area contributed by atoms with Crippen LogP contribution in [-0.4, -0.2) is 24.2 Å². The van der Waals surface area contributed by atoms with Crippen LogP contribution in [0.25, 0.3) is 10.8 Å². The van der Waals surface area contributed by atoms with Gasteiger partial charge in [-0.15, -0.1) is 0 Å². The minimum Gasteiger partial charge on any atom is -0.494 e. The molecule has 0 aliphatic carbocycles. The fourth-order valence-corrected chi connectivity index (χ4v) is 2.59. The number of nitrogens with zero attached hydrogens (tertiary/aromatic N) is 1. The van der Waals surface area contributed by atoms with Gasteiger partial charge in [-0.3, -0.25) is 0 Å². The molecule has 1 aromatic carbocycles. The second-order valence-electron chi connectivity index (χ2n) is 5.01. The van der Waals surface area contributed by atoms with E-state index in [4.69, 9.17) is 10.5 Å². The number of hydrogen-bond acceptors (Lipinski definition) is 4. The number of fused-ring (bicyclic) bond motifs is 1. The lowest BCUT2D eigenvalue weighted by Crippen LogP contribution is -2.23. The van der Waals surface area contributed by atoms with Gasteiger partial charge >= 0.3 is 0 Å². The summed E-state index contributed by atoms with van der Waals surface area (Å²) in [6, 6.07) is 8.54. The Bertz CT molecular complexity index is 564. The summed E-state index contributed by atoms with van der Waals surface area (Å²) in [5, 5.41) is 5.53. The van der Waals surface area contributed by atoms with Crippen LogP contribution in [0.2, 0.25) is 0 Å². The van der Waals surface area contributed by atoms with Crippen molar-refractivity contribution in [1.29, 1.82) is 0 Å². The van der Waals surface area contributed by atoms with Gasteiger partial charge < -0.3 is 15.8 Å². The van der Waals surface area contributed by atoms with Crippen molar-refractivity contribution in [2.24, 2.45) is 0 Å². The molecular weight excluding hydrogens is 238 g/mol. The molecular formula is C15H19N3O. The number of rotatable bonds is 4. The Morgan fingerprint density at radius 2 is 2.32 bits per heavy atom. The van der Waals surface area contributed by atoms with Crippen molar-refractivity contribution >= 4 is 16.6 Å². The van der Waals surface area contributed by atoms with Crippen molar-refractivity contribution in [3.63, 3.8) is 0 Å². The van der Waals surface area contributed by atoms with Crippen LogP contribution in [0.4, 0.5) is 5.82 Å². The number of aromatic nitrogens is 1. The molecule has 2 heterocycles. The van der Waals surface area contributed by atoms with Crippen molar-refractivity contribution in [3.05, 3.63) is 30.5 Å². The molecule has 0 bridgehead atoms. The third-order valence-electron chi connectivity index (χ3n) is 3.66. The van der Waals surface area contributed by atoms with Crippen molar-refractivity contribution in [2.75, 3.05) is 18.9 Å². The summed E-state index contributed by atoms with van der Waals surface area (Å²) in [5.74, 6) is 1.47. The zero-order valence-corrected chi connectivity index (χ0v) is 10.9. The van der Waals surface area contributed by atoms with Gasteiger partial charge in [0.2, 0.25) is 0 Å². The van der Waals surface area contributed by atoms with Gasteiger partial charge in [-0.2, -0.15) is 0 Å². The van der Waals surface area contributed by atoms with E-state index in [9.17, 15) is 0 Å². The molecule has 1 atom stereocenters. The van der Waals surface area contributed by atoms with Gasteiger partial charge in [-0.25, -0.2) is 4.98 Å². The first-order chi connectivity index (χ1) is 9.33. The van der Waals surface area contributed by atoms with Crippen molar-refractivity contribution in [3.8, 4) is 5.75 Å². The van der Waals surface area contributed by atoms with Gasteiger partial charge in [-0.1, -0.05) is 0 Å². The van der Waals surface area contributed by atoms with E-state index in [1.165, 1.54) is 12.8 Å². The maximum Gasteiger partial charge on any atom is 0.131 e. The molecule has 4 nitrogen and oxygen atoms in total. The first kappa shape index (κ1) is 12.2. The summed E-state index contributed by atoms with van der Waals surface area (Å²) in [6.45, 7) is 1.90. The molecule has 4 heteroatoms. The number of pyridine rings is 1. The Morgan fingerprint density at radius 1 is 1.37 bits per heavy atom. The molecule has 100 valence electrons. The van der Waals surface area contributed by atoms with E-state index in [1.54, 1.807) is 6.20 Å². The van der Waals surface area contributed by atoms with E-state index in [2.05, 4.69) is 10.3 Å². The molecule has 1 aromatic heterocycles. The van der Waals surface area contributed by atoms with Gasteiger partial charge in [-0.05, 0) is 55.5 Å². The maximum atomic E-state index is 5.83. The Labute approximate surface area is 113 Å². The molecule has 1 aliphatic rings. The molecule has 1 aliphatic heterocycles. The van der Waals surface area contributed by atoms with Gasteiger partial charge in [0.05, 0.1) is 6.61 Å². The van der Waals surface area contributed by atoms with E-state index < -0.39 is 0 Å². The van der Waals surface area contributed by atoms with Gasteiger partial charge in [0.25, 0.3) is 0 Å². The fourth-order valence-electron chi connectivity index (χ4n) is 2.59. The monoisotopic (exact) mass is 257 g/mol. The Balaban J connectivity index is 1.64. The number of nitrogens with two attached hydrogens (primary N) is 1. The van der Waals surface area contributed by atoms with E-state index in [1.807, 2.05) is 24.3 Å². The summed E-state index contributed by atoms with van der Waals surface area (Å²) in [7, 11) is 0. The number of hydrogen-bond donors (Lipinski definition) is 2. The molecule has 1 unspecified atom stereocenters. The summed E-state index contributed by atoms with van der Waals surface area (Å²) in [5.41, 5.74) is 5.83. The lowest BCUT2D eigenvalue weighted by molar-refractivity contribution is 0.292. The molecule has 0 amide bonds. The number of anilines is 1. The first-order valence-electron chi connectivity index (χ1n) is 6.83. The number of nitrogen functional groups attached to an aromatic ring is 1. The molecule has 3 N–H and O–H groups in total. The quantitative estimate of drug-likeness (QED) is 0.882. The number of benzene rings is 1. The lowest BCUT2D eigenvalue weighted by atomic mass is 10.1. The predicted octanol–water partition coefficient (Wildman–Crippen LogP) is 2.34. The molecule has 0 saturated carbocycles. The summed E-state index contributed by atoms with van der Waals surface area (Å²) >= 11 is 0. The summed E-state index contributed by atoms with van der Waals surface area (Å²) in [4.78, 5) is 4.08. The number of ether oxygens (including phenoxy) is 1. The van der Waals surface area contributed by atoms with Crippen LogP contribution in [0, 0.1) is 0 Å². The van der Waals surface area contributed by atoms with E-state index in [0.29, 0.717) is 11.9 Å². The Hall–Kier alpha value is -1.81. The molecule has 1 fully saturated rings. The van der Waals surface area contributed by atoms with Crippen molar-refractivity contribution < 1.29 is 4.74 Å². The summed E-state index contributed by atoms with van der Waals surface area (Å²) in [6.07, 6.45) is 5.34. The minimum absolute atomic E-state index is 0.569. The van der Waals surface area contributed by atoms with Crippen LogP contribution in [-0.2, 0) is 0 Å². The van der Waals surface area contributed by atoms with Gasteiger partial charge in [0, 0.05) is 17.6 Å². The van der Waals surface area contributed by atoms with Crippen LogP contribution in [0.15, 0.2) is 30.5 Å². The van der Waals surface area contributed by atoms with Crippen LogP contribution >= 0.6 is 0 Å². The average molecular weight is 257 g/mol. The molecule has 1 saturated heterocycles. The van der Waals surface area contributed by atoms with Crippen molar-refractivity contribution in [1.82, 2.24) is 10.3 Å². The SMILES string of the molecule is Nc1nccc2cc(OCCC3CCCN3)ccc12. The normalized spacial score (nSPS) is 18.8. The summed E-state index contributed by atoms with van der Waals surface area (Å²) < 4.78 is 5.81. The highest BCUT2D eigenvalue weighted by molar-refractivity contribution is 5.91. The molecule has 0 spiro atoms. The van der Waals surface area contributed by atoms with E-state index in [0.717, 1.165) is 36.1 Å². The van der Waals surface area contributed by atoms with Crippen LogP contribution < -0.4 is 15.8 Å². The molecule has 2 aromatic rings. The smallest absolute Gasteiger partial charge is 0.131 e. The second-order valence-corrected chi connectivity index (χ2v) is 5.01. The van der Waals surface area contributed by atoms with Gasteiger partial charge in [0.15, 0.2) is 0 Å². The van der Waals surface area contributed by atoms with Crippen LogP contribution in [0.3, 0.4) is 0 Å². The Kier molecular flexibility index (Phi) is 3.51. The minimum atomic E-state index is 0.569. The third kappa shape index (κ3) is 2.79. The highest BCUT2D eigenvalue weighted by Gasteiger charge is 2.13. The molecule has 0 radical (unpaired) electrons. The van der Waals surface area contributed by atoms with Crippen LogP contribution in [0.1, 0.15) is 19.3 Å².